The van der Waals surface area contributed by atoms with Gasteiger partial charge in [0.1, 0.15) is 17.1 Å². The highest BCUT2D eigenvalue weighted by Crippen LogP contribution is 2.44. The summed E-state index contributed by atoms with van der Waals surface area (Å²) in [5, 5.41) is 0. The van der Waals surface area contributed by atoms with Crippen molar-refractivity contribution in [3.8, 4) is 11.5 Å². The zero-order valence-corrected chi connectivity index (χ0v) is 15.6. The summed E-state index contributed by atoms with van der Waals surface area (Å²) >= 11 is 0. The largest absolute Gasteiger partial charge is 0.496 e. The normalized spacial score (nSPS) is 21.3. The molecule has 124 valence electrons. The number of fused-ring (bicyclic) bond motifs is 1. The molecule has 0 aromatic heterocycles. The average molecular weight is 306 g/mol. The van der Waals surface area contributed by atoms with Crippen LogP contribution in [-0.4, -0.2) is 44.9 Å². The molecule has 1 aliphatic heterocycles. The number of methoxy groups -OCH3 is 1. The van der Waals surface area contributed by atoms with Crippen LogP contribution in [0.1, 0.15) is 42.0 Å². The van der Waals surface area contributed by atoms with Gasteiger partial charge in [-0.3, -0.25) is 0 Å². The SMILES string of the molecule is COc1c(C)c(C)c2c(c1C)CCC(C)(CC[N+](C)(C)C)O2. The molecule has 0 amide bonds. The molecule has 1 aromatic rings. The number of hydrogen-bond donors (Lipinski definition) is 0. The quantitative estimate of drug-likeness (QED) is 0.788. The summed E-state index contributed by atoms with van der Waals surface area (Å²) < 4.78 is 13.1. The minimum absolute atomic E-state index is 0.0588. The monoisotopic (exact) mass is 306 g/mol. The molecule has 1 unspecified atom stereocenters. The molecule has 3 heteroatoms. The summed E-state index contributed by atoms with van der Waals surface area (Å²) in [6, 6.07) is 0. The second kappa shape index (κ2) is 5.77. The molecule has 22 heavy (non-hydrogen) atoms. The van der Waals surface area contributed by atoms with E-state index >= 15 is 0 Å². The van der Waals surface area contributed by atoms with Gasteiger partial charge in [0.25, 0.3) is 0 Å². The summed E-state index contributed by atoms with van der Waals surface area (Å²) in [6.45, 7) is 9.82. The third-order valence-electron chi connectivity index (χ3n) is 5.08. The van der Waals surface area contributed by atoms with Gasteiger partial charge in [0.15, 0.2) is 0 Å². The van der Waals surface area contributed by atoms with Crippen LogP contribution in [0.3, 0.4) is 0 Å². The second-order valence-electron chi connectivity index (χ2n) is 8.03. The van der Waals surface area contributed by atoms with Crippen LogP contribution in [0, 0.1) is 20.8 Å². The van der Waals surface area contributed by atoms with Gasteiger partial charge in [0, 0.05) is 12.0 Å². The fourth-order valence-electron chi connectivity index (χ4n) is 3.34. The molecule has 2 rings (SSSR count). The Kier molecular flexibility index (Phi) is 4.49. The minimum atomic E-state index is -0.0588. The molecule has 0 N–H and O–H groups in total. The molecule has 1 atom stereocenters. The van der Waals surface area contributed by atoms with Crippen molar-refractivity contribution in [2.75, 3.05) is 34.8 Å². The Morgan fingerprint density at radius 3 is 2.27 bits per heavy atom. The summed E-state index contributed by atoms with van der Waals surface area (Å²) in [7, 11) is 8.48. The minimum Gasteiger partial charge on any atom is -0.496 e. The van der Waals surface area contributed by atoms with Gasteiger partial charge in [-0.1, -0.05) is 0 Å². The first kappa shape index (κ1) is 17.1. The van der Waals surface area contributed by atoms with E-state index in [1.807, 2.05) is 0 Å². The van der Waals surface area contributed by atoms with Gasteiger partial charge in [0.05, 0.1) is 34.8 Å². The Balaban J connectivity index is 2.34. The van der Waals surface area contributed by atoms with E-state index in [1.54, 1.807) is 7.11 Å². The summed E-state index contributed by atoms with van der Waals surface area (Å²) in [4.78, 5) is 0. The first-order valence-electron chi connectivity index (χ1n) is 8.24. The highest BCUT2D eigenvalue weighted by atomic mass is 16.5. The molecule has 0 bridgehead atoms. The molecule has 0 saturated heterocycles. The maximum absolute atomic E-state index is 6.54. The van der Waals surface area contributed by atoms with E-state index in [0.717, 1.165) is 41.8 Å². The lowest BCUT2D eigenvalue weighted by Gasteiger charge is -2.39. The van der Waals surface area contributed by atoms with Crippen LogP contribution in [0.2, 0.25) is 0 Å². The fourth-order valence-corrected chi connectivity index (χ4v) is 3.34. The van der Waals surface area contributed by atoms with Crippen molar-refractivity contribution in [2.45, 2.75) is 52.6 Å². The molecule has 0 spiro atoms. The standard InChI is InChI=1S/C19H32NO2/c1-13-14(2)18-16(15(3)17(13)21-8)9-10-19(4,22-18)11-12-20(5,6)7/h9-12H2,1-8H3/q+1. The van der Waals surface area contributed by atoms with Gasteiger partial charge in [-0.2, -0.15) is 0 Å². The van der Waals surface area contributed by atoms with Gasteiger partial charge in [0.2, 0.25) is 0 Å². The molecular weight excluding hydrogens is 274 g/mol. The average Bonchev–Trinajstić information content (AvgIpc) is 2.43. The molecule has 0 aliphatic carbocycles. The number of benzene rings is 1. The van der Waals surface area contributed by atoms with Crippen LogP contribution in [-0.2, 0) is 6.42 Å². The van der Waals surface area contributed by atoms with E-state index in [1.165, 1.54) is 22.3 Å². The second-order valence-corrected chi connectivity index (χ2v) is 8.03. The molecule has 1 aromatic carbocycles. The first-order chi connectivity index (χ1) is 10.1. The van der Waals surface area contributed by atoms with Gasteiger partial charge in [-0.05, 0) is 57.2 Å². The third kappa shape index (κ3) is 3.24. The number of hydrogen-bond acceptors (Lipinski definition) is 2. The molecule has 0 radical (unpaired) electrons. The molecule has 3 nitrogen and oxygen atoms in total. The highest BCUT2D eigenvalue weighted by molar-refractivity contribution is 5.58. The van der Waals surface area contributed by atoms with E-state index in [4.69, 9.17) is 9.47 Å². The van der Waals surface area contributed by atoms with E-state index in [-0.39, 0.29) is 5.60 Å². The van der Waals surface area contributed by atoms with Gasteiger partial charge < -0.3 is 14.0 Å². The Morgan fingerprint density at radius 2 is 1.73 bits per heavy atom. The lowest BCUT2D eigenvalue weighted by atomic mass is 9.85. The smallest absolute Gasteiger partial charge is 0.127 e. The van der Waals surface area contributed by atoms with Crippen LogP contribution >= 0.6 is 0 Å². The number of quaternary nitrogens is 1. The van der Waals surface area contributed by atoms with Crippen molar-refractivity contribution in [2.24, 2.45) is 0 Å². The number of ether oxygens (including phenoxy) is 2. The van der Waals surface area contributed by atoms with Crippen LogP contribution in [0.15, 0.2) is 0 Å². The maximum Gasteiger partial charge on any atom is 0.127 e. The van der Waals surface area contributed by atoms with Crippen molar-refractivity contribution in [1.82, 2.24) is 0 Å². The topological polar surface area (TPSA) is 18.5 Å². The highest BCUT2D eigenvalue weighted by Gasteiger charge is 2.35. The Hall–Kier alpha value is -1.22. The molecule has 0 fully saturated rings. The fraction of sp³-hybridized carbons (Fsp3) is 0.684. The van der Waals surface area contributed by atoms with E-state index in [0.29, 0.717) is 0 Å². The number of rotatable bonds is 4. The van der Waals surface area contributed by atoms with Gasteiger partial charge >= 0.3 is 0 Å². The van der Waals surface area contributed by atoms with E-state index in [9.17, 15) is 0 Å². The molecule has 1 heterocycles. The Bertz CT molecular complexity index is 572. The molecule has 1 aliphatic rings. The maximum atomic E-state index is 6.54. The lowest BCUT2D eigenvalue weighted by Crippen LogP contribution is -2.44. The Labute approximate surface area is 135 Å². The van der Waals surface area contributed by atoms with Crippen LogP contribution in [0.4, 0.5) is 0 Å². The molecular formula is C19H32NO2+. The van der Waals surface area contributed by atoms with Crippen molar-refractivity contribution >= 4 is 0 Å². The zero-order chi connectivity index (χ0) is 16.7. The third-order valence-corrected chi connectivity index (χ3v) is 5.08. The van der Waals surface area contributed by atoms with Crippen LogP contribution < -0.4 is 9.47 Å². The lowest BCUT2D eigenvalue weighted by molar-refractivity contribution is -0.871. The summed E-state index contributed by atoms with van der Waals surface area (Å²) in [6.07, 6.45) is 3.23. The zero-order valence-electron chi connectivity index (χ0n) is 15.6. The molecule has 0 saturated carbocycles. The van der Waals surface area contributed by atoms with Crippen molar-refractivity contribution in [1.29, 1.82) is 0 Å². The summed E-state index contributed by atoms with van der Waals surface area (Å²) in [5.74, 6) is 2.13. The van der Waals surface area contributed by atoms with Gasteiger partial charge in [-0.15, -0.1) is 0 Å². The predicted octanol–water partition coefficient (Wildman–Crippen LogP) is 3.80. The van der Waals surface area contributed by atoms with Crippen molar-refractivity contribution in [3.63, 3.8) is 0 Å². The van der Waals surface area contributed by atoms with Gasteiger partial charge in [-0.25, -0.2) is 0 Å². The van der Waals surface area contributed by atoms with Crippen molar-refractivity contribution < 1.29 is 14.0 Å². The van der Waals surface area contributed by atoms with E-state index in [2.05, 4.69) is 48.8 Å². The van der Waals surface area contributed by atoms with Crippen molar-refractivity contribution in [3.05, 3.63) is 22.3 Å². The predicted molar refractivity (Wildman–Crippen MR) is 92.1 cm³/mol. The Morgan fingerprint density at radius 1 is 1.09 bits per heavy atom. The van der Waals surface area contributed by atoms with E-state index < -0.39 is 0 Å². The summed E-state index contributed by atoms with van der Waals surface area (Å²) in [5.41, 5.74) is 4.96. The van der Waals surface area contributed by atoms with Crippen LogP contribution in [0.5, 0.6) is 11.5 Å². The van der Waals surface area contributed by atoms with Crippen LogP contribution in [0.25, 0.3) is 0 Å². The number of nitrogens with zero attached hydrogens (tertiary/aromatic N) is 1. The first-order valence-corrected chi connectivity index (χ1v) is 8.24.